The van der Waals surface area contributed by atoms with Gasteiger partial charge < -0.3 is 10.0 Å². The summed E-state index contributed by atoms with van der Waals surface area (Å²) in [5, 5.41) is 8.97. The smallest absolute Gasteiger partial charge is 0.326 e. The molecule has 1 fully saturated rings. The van der Waals surface area contributed by atoms with E-state index in [9.17, 15) is 9.59 Å². The molecule has 1 unspecified atom stereocenters. The minimum Gasteiger partial charge on any atom is -0.480 e. The van der Waals surface area contributed by atoms with E-state index in [1.54, 1.807) is 5.51 Å². The Kier molecular flexibility index (Phi) is 4.19. The molecule has 19 heavy (non-hydrogen) atoms. The molecule has 0 spiro atoms. The maximum Gasteiger partial charge on any atom is 0.326 e. The molecule has 1 aromatic heterocycles. The second-order valence-electron chi connectivity index (χ2n) is 4.98. The van der Waals surface area contributed by atoms with E-state index in [1.807, 2.05) is 0 Å². The number of nitrogens with zero attached hydrogens (tertiary/aromatic N) is 2. The lowest BCUT2D eigenvalue weighted by molar-refractivity contribution is -0.141. The molecule has 1 amide bonds. The van der Waals surface area contributed by atoms with Gasteiger partial charge in [-0.25, -0.2) is 9.78 Å². The zero-order valence-electron chi connectivity index (χ0n) is 11.1. The number of amides is 1. The largest absolute Gasteiger partial charge is 0.480 e. The van der Waals surface area contributed by atoms with Crippen molar-refractivity contribution < 1.29 is 14.7 Å². The van der Waals surface area contributed by atoms with Crippen molar-refractivity contribution in [1.29, 1.82) is 0 Å². The van der Waals surface area contributed by atoms with Gasteiger partial charge in [0.25, 0.3) is 5.91 Å². The highest BCUT2D eigenvalue weighted by atomic mass is 32.1. The van der Waals surface area contributed by atoms with Crippen LogP contribution in [-0.4, -0.2) is 40.0 Å². The first-order valence-electron chi connectivity index (χ1n) is 6.45. The molecule has 1 heterocycles. The summed E-state index contributed by atoms with van der Waals surface area (Å²) < 4.78 is 0. The van der Waals surface area contributed by atoms with E-state index in [2.05, 4.69) is 4.98 Å². The third-order valence-corrected chi connectivity index (χ3v) is 4.62. The van der Waals surface area contributed by atoms with E-state index in [1.165, 1.54) is 43.0 Å². The minimum absolute atomic E-state index is 0.237. The zero-order chi connectivity index (χ0) is 14.0. The maximum absolute atomic E-state index is 12.4. The van der Waals surface area contributed by atoms with Crippen molar-refractivity contribution in [2.75, 3.05) is 7.05 Å². The predicted molar refractivity (Wildman–Crippen MR) is 72.5 cm³/mol. The first-order valence-corrected chi connectivity index (χ1v) is 7.33. The Bertz CT molecular complexity index is 480. The lowest BCUT2D eigenvalue weighted by atomic mass is 10.0. The number of carboxylic acid groups (broad SMARTS) is 1. The summed E-state index contributed by atoms with van der Waals surface area (Å²) in [7, 11) is 1.53. The number of thiazole rings is 1. The van der Waals surface area contributed by atoms with Crippen LogP contribution >= 0.6 is 11.3 Å². The van der Waals surface area contributed by atoms with Crippen molar-refractivity contribution in [1.82, 2.24) is 9.88 Å². The number of carbonyl (C=O) groups excluding carboxylic acids is 1. The summed E-state index contributed by atoms with van der Waals surface area (Å²) >= 11 is 1.31. The molecular weight excluding hydrogens is 264 g/mol. The third kappa shape index (κ3) is 2.78. The summed E-state index contributed by atoms with van der Waals surface area (Å²) in [6.45, 7) is 1.51. The molecule has 104 valence electrons. The molecule has 1 N–H and O–H groups in total. The van der Waals surface area contributed by atoms with Crippen LogP contribution in [0.2, 0.25) is 0 Å². The van der Waals surface area contributed by atoms with Crippen LogP contribution in [0.5, 0.6) is 0 Å². The van der Waals surface area contributed by atoms with Gasteiger partial charge in [0, 0.05) is 13.0 Å². The normalized spacial score (nSPS) is 17.4. The number of hydrogen-bond acceptors (Lipinski definition) is 4. The monoisotopic (exact) mass is 282 g/mol. The number of carbonyl (C=O) groups is 2. The Morgan fingerprint density at radius 2 is 2.11 bits per heavy atom. The molecule has 0 saturated heterocycles. The highest BCUT2D eigenvalue weighted by molar-refractivity contribution is 7.11. The van der Waals surface area contributed by atoms with Gasteiger partial charge in [-0.1, -0.05) is 12.8 Å². The van der Waals surface area contributed by atoms with Crippen LogP contribution in [-0.2, 0) is 4.79 Å². The molecule has 6 heteroatoms. The Labute approximate surface area is 116 Å². The van der Waals surface area contributed by atoms with Gasteiger partial charge >= 0.3 is 5.97 Å². The summed E-state index contributed by atoms with van der Waals surface area (Å²) in [5.74, 6) is -0.874. The van der Waals surface area contributed by atoms with E-state index < -0.39 is 12.0 Å². The second-order valence-corrected chi connectivity index (χ2v) is 5.83. The zero-order valence-corrected chi connectivity index (χ0v) is 11.9. The van der Waals surface area contributed by atoms with Gasteiger partial charge in [-0.15, -0.1) is 11.3 Å². The fourth-order valence-electron chi connectivity index (χ4n) is 2.41. The summed E-state index contributed by atoms with van der Waals surface area (Å²) in [6, 6.07) is -0.828. The molecule has 1 saturated carbocycles. The molecular formula is C13H18N2O3S. The number of aromatic nitrogens is 1. The van der Waals surface area contributed by atoms with E-state index >= 15 is 0 Å². The van der Waals surface area contributed by atoms with Crippen LogP contribution in [0, 0.1) is 0 Å². The lowest BCUT2D eigenvalue weighted by Crippen LogP contribution is -2.40. The van der Waals surface area contributed by atoms with Crippen LogP contribution < -0.4 is 0 Å². The van der Waals surface area contributed by atoms with Crippen LogP contribution in [0.15, 0.2) is 5.51 Å². The van der Waals surface area contributed by atoms with Crippen LogP contribution in [0.4, 0.5) is 0 Å². The van der Waals surface area contributed by atoms with E-state index in [-0.39, 0.29) is 5.91 Å². The Morgan fingerprint density at radius 3 is 2.68 bits per heavy atom. The molecule has 1 aliphatic carbocycles. The van der Waals surface area contributed by atoms with Crippen molar-refractivity contribution >= 4 is 23.2 Å². The number of carboxylic acids is 1. The first-order chi connectivity index (χ1) is 9.02. The molecule has 1 atom stereocenters. The maximum atomic E-state index is 12.4. The fraction of sp³-hybridized carbons (Fsp3) is 0.615. The molecule has 1 aliphatic rings. The van der Waals surface area contributed by atoms with E-state index in [4.69, 9.17) is 5.11 Å². The highest BCUT2D eigenvalue weighted by Gasteiger charge is 2.29. The number of hydrogen-bond donors (Lipinski definition) is 1. The second kappa shape index (κ2) is 5.69. The molecule has 0 aromatic carbocycles. The van der Waals surface area contributed by atoms with Crippen molar-refractivity contribution in [3.8, 4) is 0 Å². The highest BCUT2D eigenvalue weighted by Crippen LogP contribution is 2.36. The SMILES string of the molecule is CC(C(=O)O)N(C)C(=O)c1scnc1C1CCCC1. The third-order valence-electron chi connectivity index (χ3n) is 3.79. The van der Waals surface area contributed by atoms with Crippen molar-refractivity contribution in [3.05, 3.63) is 16.1 Å². The van der Waals surface area contributed by atoms with Gasteiger partial charge in [0.15, 0.2) is 0 Å². The number of likely N-dealkylation sites (N-methyl/N-ethyl adjacent to an activating group) is 1. The van der Waals surface area contributed by atoms with Gasteiger partial charge in [-0.05, 0) is 19.8 Å². The lowest BCUT2D eigenvalue weighted by Gasteiger charge is -2.21. The molecule has 0 radical (unpaired) electrons. The molecule has 0 bridgehead atoms. The van der Waals surface area contributed by atoms with Crippen molar-refractivity contribution in [2.24, 2.45) is 0 Å². The van der Waals surface area contributed by atoms with Gasteiger partial charge in [0.2, 0.25) is 0 Å². The Hall–Kier alpha value is -1.43. The molecule has 0 aliphatic heterocycles. The summed E-state index contributed by atoms with van der Waals surface area (Å²) in [6.07, 6.45) is 4.50. The average Bonchev–Trinajstić information content (AvgIpc) is 3.05. The molecule has 1 aromatic rings. The van der Waals surface area contributed by atoms with E-state index in [0.29, 0.717) is 10.8 Å². The van der Waals surface area contributed by atoms with Crippen LogP contribution in [0.1, 0.15) is 53.9 Å². The quantitative estimate of drug-likeness (QED) is 0.920. The van der Waals surface area contributed by atoms with Gasteiger partial charge in [0.1, 0.15) is 10.9 Å². The first kappa shape index (κ1) is 14.0. The fourth-order valence-corrected chi connectivity index (χ4v) is 3.26. The van der Waals surface area contributed by atoms with Gasteiger partial charge in [-0.3, -0.25) is 4.79 Å². The summed E-state index contributed by atoms with van der Waals surface area (Å²) in [5.41, 5.74) is 2.54. The van der Waals surface area contributed by atoms with Crippen LogP contribution in [0.3, 0.4) is 0 Å². The standard InChI is InChI=1S/C13H18N2O3S/c1-8(13(17)18)15(2)12(16)11-10(14-7-19-11)9-5-3-4-6-9/h7-9H,3-6H2,1-2H3,(H,17,18). The topological polar surface area (TPSA) is 70.5 Å². The molecule has 5 nitrogen and oxygen atoms in total. The van der Waals surface area contributed by atoms with Gasteiger partial charge in [-0.2, -0.15) is 0 Å². The Balaban J connectivity index is 2.19. The predicted octanol–water partition coefficient (Wildman–Crippen LogP) is 2.35. The van der Waals surface area contributed by atoms with Crippen molar-refractivity contribution in [2.45, 2.75) is 44.6 Å². The number of aliphatic carboxylic acids is 1. The minimum atomic E-state index is -0.997. The Morgan fingerprint density at radius 1 is 1.47 bits per heavy atom. The van der Waals surface area contributed by atoms with Crippen LogP contribution in [0.25, 0.3) is 0 Å². The summed E-state index contributed by atoms with van der Waals surface area (Å²) in [4.78, 5) is 29.5. The van der Waals surface area contributed by atoms with E-state index in [0.717, 1.165) is 18.5 Å². The average molecular weight is 282 g/mol. The van der Waals surface area contributed by atoms with Crippen molar-refractivity contribution in [3.63, 3.8) is 0 Å². The molecule has 2 rings (SSSR count). The van der Waals surface area contributed by atoms with Gasteiger partial charge in [0.05, 0.1) is 11.2 Å². The number of rotatable bonds is 4.